The summed E-state index contributed by atoms with van der Waals surface area (Å²) in [4.78, 5) is 6.74. The van der Waals surface area contributed by atoms with Gasteiger partial charge in [0.25, 0.3) is 0 Å². The van der Waals surface area contributed by atoms with E-state index in [4.69, 9.17) is 10.3 Å². The first-order valence-electron chi connectivity index (χ1n) is 7.53. The summed E-state index contributed by atoms with van der Waals surface area (Å²) in [5, 5.41) is 4.04. The Morgan fingerprint density at radius 2 is 2.00 bits per heavy atom. The zero-order valence-electron chi connectivity index (χ0n) is 12.1. The van der Waals surface area contributed by atoms with Gasteiger partial charge >= 0.3 is 0 Å². The van der Waals surface area contributed by atoms with Crippen LogP contribution in [0.15, 0.2) is 4.52 Å². The number of hydrogen-bond acceptors (Lipinski definition) is 5. The monoisotopic (exact) mass is 266 g/mol. The standard InChI is InChI=1S/C14H26N4O/c1-3-18(4-2)10-12(15)14-16-13(19-17-14)9-11-7-5-6-8-11/h11-12H,3-10,15H2,1-2H3. The molecule has 2 N–H and O–H groups in total. The maximum absolute atomic E-state index is 6.14. The van der Waals surface area contributed by atoms with Crippen molar-refractivity contribution in [2.24, 2.45) is 11.7 Å². The third-order valence-electron chi connectivity index (χ3n) is 4.10. The zero-order valence-corrected chi connectivity index (χ0v) is 12.1. The van der Waals surface area contributed by atoms with Crippen molar-refractivity contribution in [3.63, 3.8) is 0 Å². The van der Waals surface area contributed by atoms with Crippen LogP contribution in [0.4, 0.5) is 0 Å². The molecule has 1 aliphatic rings. The Hall–Kier alpha value is -0.940. The minimum Gasteiger partial charge on any atom is -0.339 e. The molecule has 19 heavy (non-hydrogen) atoms. The van der Waals surface area contributed by atoms with Crippen LogP contribution >= 0.6 is 0 Å². The number of hydrogen-bond donors (Lipinski definition) is 1. The lowest BCUT2D eigenvalue weighted by molar-refractivity contribution is 0.277. The molecular formula is C14H26N4O. The predicted molar refractivity (Wildman–Crippen MR) is 74.7 cm³/mol. The van der Waals surface area contributed by atoms with E-state index in [-0.39, 0.29) is 6.04 Å². The molecule has 5 heteroatoms. The number of likely N-dealkylation sites (N-methyl/N-ethyl adjacent to an activating group) is 1. The lowest BCUT2D eigenvalue weighted by Crippen LogP contribution is -2.32. The molecule has 1 saturated carbocycles. The van der Waals surface area contributed by atoms with Crippen LogP contribution in [-0.2, 0) is 6.42 Å². The molecule has 1 fully saturated rings. The van der Waals surface area contributed by atoms with Crippen molar-refractivity contribution in [1.29, 1.82) is 0 Å². The lowest BCUT2D eigenvalue weighted by atomic mass is 10.0. The van der Waals surface area contributed by atoms with Gasteiger partial charge in [-0.05, 0) is 31.8 Å². The van der Waals surface area contributed by atoms with Gasteiger partial charge in [-0.2, -0.15) is 4.98 Å². The lowest BCUT2D eigenvalue weighted by Gasteiger charge is -2.20. The Morgan fingerprint density at radius 3 is 2.63 bits per heavy atom. The van der Waals surface area contributed by atoms with Gasteiger partial charge in [-0.1, -0.05) is 31.8 Å². The first-order chi connectivity index (χ1) is 9.22. The summed E-state index contributed by atoms with van der Waals surface area (Å²) in [6, 6.07) is -0.152. The molecule has 1 aliphatic carbocycles. The van der Waals surface area contributed by atoms with Crippen molar-refractivity contribution >= 4 is 0 Å². The second-order valence-corrected chi connectivity index (χ2v) is 5.49. The molecule has 0 aliphatic heterocycles. The zero-order chi connectivity index (χ0) is 13.7. The summed E-state index contributed by atoms with van der Waals surface area (Å²) in [6.07, 6.45) is 6.19. The van der Waals surface area contributed by atoms with Crippen LogP contribution in [0, 0.1) is 5.92 Å². The molecule has 0 bridgehead atoms. The van der Waals surface area contributed by atoms with Gasteiger partial charge < -0.3 is 15.2 Å². The summed E-state index contributed by atoms with van der Waals surface area (Å²) in [6.45, 7) is 7.05. The molecule has 1 heterocycles. The van der Waals surface area contributed by atoms with Crippen LogP contribution in [0.3, 0.4) is 0 Å². The first kappa shape index (κ1) is 14.5. The van der Waals surface area contributed by atoms with E-state index in [1.807, 2.05) is 0 Å². The summed E-state index contributed by atoms with van der Waals surface area (Å²) in [5.41, 5.74) is 6.14. The van der Waals surface area contributed by atoms with Crippen LogP contribution in [0.2, 0.25) is 0 Å². The molecule has 2 rings (SSSR count). The Bertz CT molecular complexity index is 369. The summed E-state index contributed by atoms with van der Waals surface area (Å²) < 4.78 is 5.34. The van der Waals surface area contributed by atoms with Gasteiger partial charge in [0.2, 0.25) is 5.89 Å². The van der Waals surface area contributed by atoms with Crippen LogP contribution in [-0.4, -0.2) is 34.7 Å². The van der Waals surface area contributed by atoms with Crippen molar-refractivity contribution in [1.82, 2.24) is 15.0 Å². The van der Waals surface area contributed by atoms with E-state index in [1.54, 1.807) is 0 Å². The van der Waals surface area contributed by atoms with E-state index < -0.39 is 0 Å². The highest BCUT2D eigenvalue weighted by atomic mass is 16.5. The number of nitrogens with two attached hydrogens (primary N) is 1. The van der Waals surface area contributed by atoms with Gasteiger partial charge in [-0.15, -0.1) is 0 Å². The number of rotatable bonds is 7. The second-order valence-electron chi connectivity index (χ2n) is 5.49. The Labute approximate surface area is 115 Å². The van der Waals surface area contributed by atoms with Gasteiger partial charge in [0, 0.05) is 13.0 Å². The molecule has 1 aromatic heterocycles. The number of aromatic nitrogens is 2. The van der Waals surface area contributed by atoms with Gasteiger partial charge in [-0.25, -0.2) is 0 Å². The molecule has 5 nitrogen and oxygen atoms in total. The molecule has 0 amide bonds. The van der Waals surface area contributed by atoms with Crippen molar-refractivity contribution in [3.8, 4) is 0 Å². The van der Waals surface area contributed by atoms with Crippen LogP contribution in [0.5, 0.6) is 0 Å². The molecular weight excluding hydrogens is 240 g/mol. The Balaban J connectivity index is 1.88. The van der Waals surface area contributed by atoms with Crippen molar-refractivity contribution in [2.45, 2.75) is 52.0 Å². The summed E-state index contributed by atoms with van der Waals surface area (Å²) in [7, 11) is 0. The molecule has 0 aromatic carbocycles. The highest BCUT2D eigenvalue weighted by Crippen LogP contribution is 2.27. The Morgan fingerprint density at radius 1 is 1.32 bits per heavy atom. The molecule has 0 radical (unpaired) electrons. The summed E-state index contributed by atoms with van der Waals surface area (Å²) in [5.74, 6) is 2.14. The SMILES string of the molecule is CCN(CC)CC(N)c1noc(CC2CCCC2)n1. The molecule has 1 atom stereocenters. The van der Waals surface area contributed by atoms with E-state index >= 15 is 0 Å². The molecule has 1 unspecified atom stereocenters. The average Bonchev–Trinajstić information content (AvgIpc) is 3.07. The topological polar surface area (TPSA) is 68.2 Å². The van der Waals surface area contributed by atoms with E-state index in [1.165, 1.54) is 25.7 Å². The Kier molecular flexibility index (Phi) is 5.34. The van der Waals surface area contributed by atoms with E-state index in [2.05, 4.69) is 28.9 Å². The predicted octanol–water partition coefficient (Wildman–Crippen LogP) is 2.14. The maximum Gasteiger partial charge on any atom is 0.226 e. The normalized spacial score (nSPS) is 18.3. The second kappa shape index (κ2) is 7.01. The highest BCUT2D eigenvalue weighted by Gasteiger charge is 2.21. The van der Waals surface area contributed by atoms with Crippen molar-refractivity contribution in [2.75, 3.05) is 19.6 Å². The molecule has 1 aromatic rings. The molecule has 0 spiro atoms. The van der Waals surface area contributed by atoms with Crippen molar-refractivity contribution < 1.29 is 4.52 Å². The first-order valence-corrected chi connectivity index (χ1v) is 7.53. The summed E-state index contributed by atoms with van der Waals surface area (Å²) >= 11 is 0. The van der Waals surface area contributed by atoms with Crippen molar-refractivity contribution in [3.05, 3.63) is 11.7 Å². The fourth-order valence-corrected chi connectivity index (χ4v) is 2.80. The minimum atomic E-state index is -0.152. The van der Waals surface area contributed by atoms with Crippen LogP contribution in [0.25, 0.3) is 0 Å². The number of nitrogens with zero attached hydrogens (tertiary/aromatic N) is 3. The third kappa shape index (κ3) is 4.01. The fraction of sp³-hybridized carbons (Fsp3) is 0.857. The highest BCUT2D eigenvalue weighted by molar-refractivity contribution is 4.95. The fourth-order valence-electron chi connectivity index (χ4n) is 2.80. The van der Waals surface area contributed by atoms with Crippen LogP contribution < -0.4 is 5.73 Å². The van der Waals surface area contributed by atoms with Gasteiger partial charge in [0.05, 0.1) is 6.04 Å². The molecule has 108 valence electrons. The van der Waals surface area contributed by atoms with E-state index in [0.29, 0.717) is 5.82 Å². The van der Waals surface area contributed by atoms with Gasteiger partial charge in [-0.3, -0.25) is 0 Å². The largest absolute Gasteiger partial charge is 0.339 e. The van der Waals surface area contributed by atoms with Crippen LogP contribution in [0.1, 0.15) is 57.3 Å². The smallest absolute Gasteiger partial charge is 0.226 e. The van der Waals surface area contributed by atoms with Gasteiger partial charge in [0.1, 0.15) is 0 Å². The van der Waals surface area contributed by atoms with E-state index in [9.17, 15) is 0 Å². The minimum absolute atomic E-state index is 0.152. The average molecular weight is 266 g/mol. The van der Waals surface area contributed by atoms with E-state index in [0.717, 1.165) is 37.9 Å². The van der Waals surface area contributed by atoms with Gasteiger partial charge in [0.15, 0.2) is 5.82 Å². The quantitative estimate of drug-likeness (QED) is 0.819. The maximum atomic E-state index is 6.14. The molecule has 0 saturated heterocycles. The third-order valence-corrected chi connectivity index (χ3v) is 4.10.